The second-order valence-electron chi connectivity index (χ2n) is 7.87. The molecule has 0 unspecified atom stereocenters. The third kappa shape index (κ3) is 4.81. The molecule has 4 aromatic carbocycles. The maximum absolute atomic E-state index is 9.58. The summed E-state index contributed by atoms with van der Waals surface area (Å²) >= 11 is 0. The van der Waals surface area contributed by atoms with Crippen molar-refractivity contribution >= 4 is 0 Å². The maximum atomic E-state index is 9.58. The predicted octanol–water partition coefficient (Wildman–Crippen LogP) is 7.01. The average Bonchev–Trinajstić information content (AvgIpc) is 2.75. The van der Waals surface area contributed by atoms with Crippen molar-refractivity contribution in [2.75, 3.05) is 0 Å². The Kier molecular flexibility index (Phi) is 5.54. The molecular formula is C27H24O4. The summed E-state index contributed by atoms with van der Waals surface area (Å²) < 4.78 is 11.6. The summed E-state index contributed by atoms with van der Waals surface area (Å²) in [5.41, 5.74) is 2.09. The summed E-state index contributed by atoms with van der Waals surface area (Å²) in [6.45, 7) is 4.34. The summed E-state index contributed by atoms with van der Waals surface area (Å²) in [5, 5.41) is 19.2. The van der Waals surface area contributed by atoms with E-state index in [1.54, 1.807) is 48.5 Å². The van der Waals surface area contributed by atoms with Crippen LogP contribution < -0.4 is 9.47 Å². The number of phenolic OH excluding ortho intramolecular Hbond substituents is 2. The second-order valence-corrected chi connectivity index (χ2v) is 7.87. The molecule has 4 heteroatoms. The molecule has 0 aliphatic heterocycles. The number of benzene rings is 4. The highest BCUT2D eigenvalue weighted by molar-refractivity contribution is 5.44. The highest BCUT2D eigenvalue weighted by Gasteiger charge is 2.23. The van der Waals surface area contributed by atoms with Crippen LogP contribution in [-0.2, 0) is 5.41 Å². The Morgan fingerprint density at radius 3 is 1.26 bits per heavy atom. The smallest absolute Gasteiger partial charge is 0.131 e. The van der Waals surface area contributed by atoms with Crippen LogP contribution in [0.5, 0.6) is 34.5 Å². The lowest BCUT2D eigenvalue weighted by molar-refractivity contribution is 0.454. The van der Waals surface area contributed by atoms with Gasteiger partial charge in [0.1, 0.15) is 34.5 Å². The maximum Gasteiger partial charge on any atom is 0.131 e. The van der Waals surface area contributed by atoms with E-state index in [9.17, 15) is 10.2 Å². The van der Waals surface area contributed by atoms with Crippen molar-refractivity contribution in [2.45, 2.75) is 19.3 Å². The van der Waals surface area contributed by atoms with Gasteiger partial charge in [-0.3, -0.25) is 0 Å². The molecule has 4 nitrogen and oxygen atoms in total. The van der Waals surface area contributed by atoms with Crippen molar-refractivity contribution in [1.82, 2.24) is 0 Å². The lowest BCUT2D eigenvalue weighted by Gasteiger charge is -2.26. The van der Waals surface area contributed by atoms with Crippen LogP contribution in [0, 0.1) is 0 Å². The molecule has 4 aromatic rings. The van der Waals surface area contributed by atoms with Crippen LogP contribution in [0.4, 0.5) is 0 Å². The third-order valence-corrected chi connectivity index (χ3v) is 5.26. The molecule has 156 valence electrons. The van der Waals surface area contributed by atoms with Crippen LogP contribution >= 0.6 is 0 Å². The van der Waals surface area contributed by atoms with Crippen molar-refractivity contribution in [3.63, 3.8) is 0 Å². The Bertz CT molecular complexity index is 1070. The second kappa shape index (κ2) is 8.44. The van der Waals surface area contributed by atoms with Gasteiger partial charge in [-0.1, -0.05) is 50.2 Å². The molecule has 0 spiro atoms. The number of rotatable bonds is 6. The van der Waals surface area contributed by atoms with Crippen molar-refractivity contribution < 1.29 is 19.7 Å². The van der Waals surface area contributed by atoms with Gasteiger partial charge in [0.05, 0.1) is 0 Å². The Balaban J connectivity index is 1.48. The Morgan fingerprint density at radius 2 is 0.903 bits per heavy atom. The molecule has 0 radical (unpaired) electrons. The largest absolute Gasteiger partial charge is 0.508 e. The molecule has 0 heterocycles. The molecule has 0 aliphatic rings. The predicted molar refractivity (Wildman–Crippen MR) is 121 cm³/mol. The van der Waals surface area contributed by atoms with Gasteiger partial charge in [0, 0.05) is 17.5 Å². The number of aromatic hydroxyl groups is 2. The van der Waals surface area contributed by atoms with E-state index in [0.29, 0.717) is 23.0 Å². The topological polar surface area (TPSA) is 58.9 Å². The summed E-state index contributed by atoms with van der Waals surface area (Å²) in [6, 6.07) is 29.4. The van der Waals surface area contributed by atoms with E-state index in [0.717, 1.165) is 11.1 Å². The van der Waals surface area contributed by atoms with E-state index in [1.807, 2.05) is 24.3 Å². The standard InChI is InChI=1S/C27H24O4/c1-27(2,19-9-13-23(14-10-19)30-25-7-3-5-21(28)17-25)20-11-15-24(16-12-20)31-26-8-4-6-22(29)18-26/h3-18,28-29H,1-2H3. The van der Waals surface area contributed by atoms with E-state index in [-0.39, 0.29) is 16.9 Å². The van der Waals surface area contributed by atoms with Gasteiger partial charge in [0.15, 0.2) is 0 Å². The molecule has 0 atom stereocenters. The average molecular weight is 412 g/mol. The number of ether oxygens (including phenoxy) is 2. The minimum absolute atomic E-state index is 0.173. The molecule has 4 rings (SSSR count). The first-order valence-corrected chi connectivity index (χ1v) is 10.0. The van der Waals surface area contributed by atoms with Gasteiger partial charge in [0.2, 0.25) is 0 Å². The molecule has 2 N–H and O–H groups in total. The normalized spacial score (nSPS) is 11.2. The molecule has 0 aromatic heterocycles. The summed E-state index contributed by atoms with van der Waals surface area (Å²) in [6.07, 6.45) is 0. The van der Waals surface area contributed by atoms with Gasteiger partial charge >= 0.3 is 0 Å². The highest BCUT2D eigenvalue weighted by atomic mass is 16.5. The zero-order chi connectivity index (χ0) is 21.8. The number of hydrogen-bond donors (Lipinski definition) is 2. The number of phenols is 2. The molecule has 0 amide bonds. The lowest BCUT2D eigenvalue weighted by atomic mass is 9.78. The molecule has 0 saturated carbocycles. The van der Waals surface area contributed by atoms with E-state index in [2.05, 4.69) is 38.1 Å². The zero-order valence-corrected chi connectivity index (χ0v) is 17.4. The Labute approximate surface area is 182 Å². The zero-order valence-electron chi connectivity index (χ0n) is 17.4. The van der Waals surface area contributed by atoms with Gasteiger partial charge in [-0.2, -0.15) is 0 Å². The highest BCUT2D eigenvalue weighted by Crippen LogP contribution is 2.35. The van der Waals surface area contributed by atoms with Gasteiger partial charge in [0.25, 0.3) is 0 Å². The van der Waals surface area contributed by atoms with E-state index in [1.165, 1.54) is 0 Å². The fraction of sp³-hybridized carbons (Fsp3) is 0.111. The lowest BCUT2D eigenvalue weighted by Crippen LogP contribution is -2.18. The summed E-state index contributed by atoms with van der Waals surface area (Å²) in [4.78, 5) is 0. The first-order valence-electron chi connectivity index (χ1n) is 10.0. The molecular weight excluding hydrogens is 388 g/mol. The molecule has 0 saturated heterocycles. The first-order chi connectivity index (χ1) is 14.9. The SMILES string of the molecule is CC(C)(c1ccc(Oc2cccc(O)c2)cc1)c1ccc(Oc2cccc(O)c2)cc1. The van der Waals surface area contributed by atoms with E-state index in [4.69, 9.17) is 9.47 Å². The summed E-state index contributed by atoms with van der Waals surface area (Å²) in [7, 11) is 0. The fourth-order valence-corrected chi connectivity index (χ4v) is 3.41. The molecule has 0 aliphatic carbocycles. The minimum Gasteiger partial charge on any atom is -0.508 e. The molecule has 0 fully saturated rings. The van der Waals surface area contributed by atoms with Crippen molar-refractivity contribution in [3.8, 4) is 34.5 Å². The van der Waals surface area contributed by atoms with E-state index >= 15 is 0 Å². The molecule has 31 heavy (non-hydrogen) atoms. The van der Waals surface area contributed by atoms with Crippen LogP contribution in [0.1, 0.15) is 25.0 Å². The van der Waals surface area contributed by atoms with Gasteiger partial charge < -0.3 is 19.7 Å². The van der Waals surface area contributed by atoms with Gasteiger partial charge in [-0.25, -0.2) is 0 Å². The first kappa shape index (κ1) is 20.4. The van der Waals surface area contributed by atoms with Crippen molar-refractivity contribution in [2.24, 2.45) is 0 Å². The van der Waals surface area contributed by atoms with Crippen molar-refractivity contribution in [1.29, 1.82) is 0 Å². The van der Waals surface area contributed by atoms with Crippen LogP contribution in [0.2, 0.25) is 0 Å². The minimum atomic E-state index is -0.215. The monoisotopic (exact) mass is 412 g/mol. The van der Waals surface area contributed by atoms with Crippen LogP contribution in [0.25, 0.3) is 0 Å². The van der Waals surface area contributed by atoms with Crippen molar-refractivity contribution in [3.05, 3.63) is 108 Å². The van der Waals surface area contributed by atoms with Crippen LogP contribution in [0.15, 0.2) is 97.1 Å². The quantitative estimate of drug-likeness (QED) is 0.358. The fourth-order valence-electron chi connectivity index (χ4n) is 3.41. The van der Waals surface area contributed by atoms with E-state index < -0.39 is 0 Å². The molecule has 0 bridgehead atoms. The Hall–Kier alpha value is -3.92. The number of hydrogen-bond acceptors (Lipinski definition) is 4. The third-order valence-electron chi connectivity index (χ3n) is 5.26. The van der Waals surface area contributed by atoms with Crippen LogP contribution in [-0.4, -0.2) is 10.2 Å². The summed E-state index contributed by atoms with van der Waals surface area (Å²) in [5.74, 6) is 2.95. The van der Waals surface area contributed by atoms with Gasteiger partial charge in [-0.15, -0.1) is 0 Å². The van der Waals surface area contributed by atoms with Gasteiger partial charge in [-0.05, 0) is 59.7 Å². The van der Waals surface area contributed by atoms with Crippen LogP contribution in [0.3, 0.4) is 0 Å². The Morgan fingerprint density at radius 1 is 0.516 bits per heavy atom.